The molecule has 8 nitrogen and oxygen atoms in total. The number of benzene rings is 1. The lowest BCUT2D eigenvalue weighted by Gasteiger charge is -2.32. The van der Waals surface area contributed by atoms with Crippen molar-refractivity contribution in [1.82, 2.24) is 14.9 Å². The summed E-state index contributed by atoms with van der Waals surface area (Å²) in [5.74, 6) is 1.22. The van der Waals surface area contributed by atoms with Crippen molar-refractivity contribution in [1.29, 1.82) is 0 Å². The molecule has 0 spiro atoms. The van der Waals surface area contributed by atoms with Crippen molar-refractivity contribution in [3.8, 4) is 5.75 Å². The van der Waals surface area contributed by atoms with Gasteiger partial charge in [0.25, 0.3) is 0 Å². The van der Waals surface area contributed by atoms with Gasteiger partial charge in [0, 0.05) is 31.2 Å². The van der Waals surface area contributed by atoms with Crippen molar-refractivity contribution in [2.75, 3.05) is 55.9 Å². The van der Waals surface area contributed by atoms with Gasteiger partial charge in [0.15, 0.2) is 0 Å². The first-order valence-corrected chi connectivity index (χ1v) is 9.45. The quantitative estimate of drug-likeness (QED) is 0.814. The Balaban J connectivity index is 1.74. The number of nitrogens with zero attached hydrogens (tertiary/aromatic N) is 4. The summed E-state index contributed by atoms with van der Waals surface area (Å²) in [6.45, 7) is 7.46. The van der Waals surface area contributed by atoms with E-state index in [1.807, 2.05) is 13.8 Å². The number of likely N-dealkylation sites (N-methyl/N-ethyl adjacent to an activating group) is 1. The van der Waals surface area contributed by atoms with Gasteiger partial charge < -0.3 is 25.2 Å². The van der Waals surface area contributed by atoms with Gasteiger partial charge in [0.2, 0.25) is 5.95 Å². The molecule has 0 unspecified atom stereocenters. The van der Waals surface area contributed by atoms with Crippen LogP contribution in [0.5, 0.6) is 5.75 Å². The number of ether oxygens (including phenoxy) is 1. The molecule has 2 aromatic rings. The number of urea groups is 1. The van der Waals surface area contributed by atoms with Crippen molar-refractivity contribution in [2.24, 2.45) is 0 Å². The second-order valence-electron chi connectivity index (χ2n) is 6.78. The number of halogens is 1. The average Bonchev–Trinajstić information content (AvgIpc) is 2.65. The van der Waals surface area contributed by atoms with Gasteiger partial charge in [-0.3, -0.25) is 0 Å². The second-order valence-corrected chi connectivity index (χ2v) is 7.22. The predicted octanol–water partition coefficient (Wildman–Crippen LogP) is 3.15. The zero-order chi connectivity index (χ0) is 20.3. The minimum Gasteiger partial charge on any atom is -0.495 e. The Morgan fingerprint density at radius 2 is 1.75 bits per heavy atom. The number of aromatic nitrogens is 2. The number of rotatable bonds is 4. The topological polar surface area (TPSA) is 82.6 Å². The Morgan fingerprint density at radius 3 is 2.36 bits per heavy atom. The highest BCUT2D eigenvalue weighted by molar-refractivity contribution is 6.31. The SMILES string of the molecule is COc1ccc(Cl)cc1NC(=O)Nc1c(C)nc(N2CCN(C)CC2)nc1C. The highest BCUT2D eigenvalue weighted by Crippen LogP contribution is 2.28. The van der Waals surface area contributed by atoms with Gasteiger partial charge in [-0.05, 0) is 39.1 Å². The van der Waals surface area contributed by atoms with E-state index in [9.17, 15) is 4.79 Å². The van der Waals surface area contributed by atoms with Crippen LogP contribution >= 0.6 is 11.6 Å². The average molecular weight is 405 g/mol. The molecule has 3 rings (SSSR count). The summed E-state index contributed by atoms with van der Waals surface area (Å²) in [4.78, 5) is 26.1. The van der Waals surface area contributed by atoms with E-state index in [1.165, 1.54) is 7.11 Å². The van der Waals surface area contributed by atoms with Gasteiger partial charge in [-0.25, -0.2) is 14.8 Å². The van der Waals surface area contributed by atoms with E-state index < -0.39 is 6.03 Å². The van der Waals surface area contributed by atoms with Gasteiger partial charge >= 0.3 is 6.03 Å². The van der Waals surface area contributed by atoms with Crippen molar-refractivity contribution in [2.45, 2.75) is 13.8 Å². The summed E-state index contributed by atoms with van der Waals surface area (Å²) in [5.41, 5.74) is 2.51. The first kappa shape index (κ1) is 20.2. The summed E-state index contributed by atoms with van der Waals surface area (Å²) in [7, 11) is 3.64. The molecule has 2 N–H and O–H groups in total. The number of aryl methyl sites for hydroxylation is 2. The summed E-state index contributed by atoms with van der Waals surface area (Å²) in [5, 5.41) is 6.09. The van der Waals surface area contributed by atoms with Gasteiger partial charge in [-0.2, -0.15) is 0 Å². The number of methoxy groups -OCH3 is 1. The van der Waals surface area contributed by atoms with Crippen LogP contribution in [0.2, 0.25) is 5.02 Å². The van der Waals surface area contributed by atoms with Crippen LogP contribution in [-0.2, 0) is 0 Å². The van der Waals surface area contributed by atoms with E-state index in [-0.39, 0.29) is 0 Å². The van der Waals surface area contributed by atoms with Crippen molar-refractivity contribution in [3.05, 3.63) is 34.6 Å². The number of nitrogens with one attached hydrogen (secondary N) is 2. The van der Waals surface area contributed by atoms with E-state index in [0.717, 1.165) is 37.6 Å². The predicted molar refractivity (Wildman–Crippen MR) is 112 cm³/mol. The fraction of sp³-hybridized carbons (Fsp3) is 0.421. The molecular weight excluding hydrogens is 380 g/mol. The Morgan fingerprint density at radius 1 is 1.11 bits per heavy atom. The Bertz CT molecular complexity index is 844. The van der Waals surface area contributed by atoms with E-state index >= 15 is 0 Å². The Kier molecular flexibility index (Phi) is 6.21. The molecule has 9 heteroatoms. The van der Waals surface area contributed by atoms with E-state index in [1.54, 1.807) is 18.2 Å². The molecule has 0 atom stereocenters. The van der Waals surface area contributed by atoms with Crippen LogP contribution in [0.4, 0.5) is 22.1 Å². The zero-order valence-corrected chi connectivity index (χ0v) is 17.3. The van der Waals surface area contributed by atoms with Gasteiger partial charge in [-0.1, -0.05) is 11.6 Å². The third-order valence-electron chi connectivity index (χ3n) is 4.69. The number of hydrogen-bond acceptors (Lipinski definition) is 6. The van der Waals surface area contributed by atoms with Crippen molar-refractivity contribution >= 4 is 35.0 Å². The van der Waals surface area contributed by atoms with Crippen LogP contribution in [0.1, 0.15) is 11.4 Å². The molecule has 150 valence electrons. The van der Waals surface area contributed by atoms with Crippen molar-refractivity contribution < 1.29 is 9.53 Å². The molecule has 1 aromatic carbocycles. The molecule has 0 saturated carbocycles. The summed E-state index contributed by atoms with van der Waals surface area (Å²) < 4.78 is 5.25. The molecular formula is C19H25ClN6O2. The maximum Gasteiger partial charge on any atom is 0.323 e. The monoisotopic (exact) mass is 404 g/mol. The molecule has 0 aliphatic carbocycles. The standard InChI is InChI=1S/C19H25ClN6O2/c1-12-17(13(2)22-18(21-12)26-9-7-25(3)8-10-26)24-19(27)23-15-11-14(20)5-6-16(15)28-4/h5-6,11H,7-10H2,1-4H3,(H2,23,24,27). The summed E-state index contributed by atoms with van der Waals surface area (Å²) >= 11 is 6.01. The lowest BCUT2D eigenvalue weighted by Crippen LogP contribution is -2.45. The second kappa shape index (κ2) is 8.62. The smallest absolute Gasteiger partial charge is 0.323 e. The Labute approximate surface area is 169 Å². The molecule has 0 radical (unpaired) electrons. The van der Waals surface area contributed by atoms with Crippen LogP contribution in [0.3, 0.4) is 0 Å². The number of hydrogen-bond donors (Lipinski definition) is 2. The number of anilines is 3. The molecule has 1 fully saturated rings. The minimum atomic E-state index is -0.414. The minimum absolute atomic E-state index is 0.414. The van der Waals surface area contributed by atoms with Crippen LogP contribution in [-0.4, -0.2) is 61.2 Å². The molecule has 28 heavy (non-hydrogen) atoms. The molecule has 1 aliphatic rings. The molecule has 1 saturated heterocycles. The van der Waals surface area contributed by atoms with Crippen LogP contribution in [0, 0.1) is 13.8 Å². The molecule has 0 bridgehead atoms. The summed E-state index contributed by atoms with van der Waals surface area (Å²) in [6.07, 6.45) is 0. The molecule has 2 amide bonds. The van der Waals surface area contributed by atoms with E-state index in [0.29, 0.717) is 28.1 Å². The maximum absolute atomic E-state index is 12.5. The number of carbonyl (C=O) groups is 1. The van der Waals surface area contributed by atoms with Crippen LogP contribution < -0.4 is 20.3 Å². The first-order valence-electron chi connectivity index (χ1n) is 9.07. The number of amides is 2. The summed E-state index contributed by atoms with van der Waals surface area (Å²) in [6, 6.07) is 4.61. The van der Waals surface area contributed by atoms with Gasteiger partial charge in [0.1, 0.15) is 5.75 Å². The van der Waals surface area contributed by atoms with Gasteiger partial charge in [-0.15, -0.1) is 0 Å². The number of carbonyl (C=O) groups excluding carboxylic acids is 1. The fourth-order valence-electron chi connectivity index (χ4n) is 3.07. The lowest BCUT2D eigenvalue weighted by atomic mass is 10.2. The van der Waals surface area contributed by atoms with Crippen molar-refractivity contribution in [3.63, 3.8) is 0 Å². The van der Waals surface area contributed by atoms with Gasteiger partial charge in [0.05, 0.1) is 29.9 Å². The number of piperazine rings is 1. The normalized spacial score (nSPS) is 14.7. The third kappa shape index (κ3) is 4.63. The highest BCUT2D eigenvalue weighted by Gasteiger charge is 2.19. The molecule has 2 heterocycles. The highest BCUT2D eigenvalue weighted by atomic mass is 35.5. The van der Waals surface area contributed by atoms with E-state index in [4.69, 9.17) is 16.3 Å². The van der Waals surface area contributed by atoms with E-state index in [2.05, 4.69) is 37.4 Å². The maximum atomic E-state index is 12.5. The third-order valence-corrected chi connectivity index (χ3v) is 4.93. The first-order chi connectivity index (χ1) is 13.4. The van der Waals surface area contributed by atoms with Crippen LogP contribution in [0.25, 0.3) is 0 Å². The largest absolute Gasteiger partial charge is 0.495 e. The lowest BCUT2D eigenvalue weighted by molar-refractivity contribution is 0.262. The van der Waals surface area contributed by atoms with Crippen LogP contribution in [0.15, 0.2) is 18.2 Å². The fourth-order valence-corrected chi connectivity index (χ4v) is 3.24. The molecule has 1 aliphatic heterocycles. The zero-order valence-electron chi connectivity index (χ0n) is 16.5. The Hall–Kier alpha value is -2.58. The molecule has 1 aromatic heterocycles.